The summed E-state index contributed by atoms with van der Waals surface area (Å²) in [5.74, 6) is 0. The van der Waals surface area contributed by atoms with Gasteiger partial charge in [0.15, 0.2) is 0 Å². The molecule has 1 aromatic rings. The maximum Gasteiger partial charge on any atom is 0.0517 e. The molecule has 0 radical (unpaired) electrons. The van der Waals surface area contributed by atoms with E-state index in [0.717, 1.165) is 13.0 Å². The highest BCUT2D eigenvalue weighted by Crippen LogP contribution is 2.30. The van der Waals surface area contributed by atoms with Crippen molar-refractivity contribution < 1.29 is 0 Å². The second-order valence-corrected chi connectivity index (χ2v) is 5.37. The van der Waals surface area contributed by atoms with Gasteiger partial charge in [-0.3, -0.25) is 9.88 Å². The third kappa shape index (κ3) is 2.90. The van der Waals surface area contributed by atoms with Crippen LogP contribution in [0.5, 0.6) is 0 Å². The molecule has 18 heavy (non-hydrogen) atoms. The highest BCUT2D eigenvalue weighted by molar-refractivity contribution is 5.26. The van der Waals surface area contributed by atoms with Crippen molar-refractivity contribution in [1.82, 2.24) is 9.88 Å². The molecule has 0 spiro atoms. The lowest BCUT2D eigenvalue weighted by atomic mass is 9.94. The molecule has 0 amide bonds. The first-order chi connectivity index (χ1) is 8.74. The van der Waals surface area contributed by atoms with E-state index in [2.05, 4.69) is 29.8 Å². The van der Waals surface area contributed by atoms with Crippen LogP contribution in [0.15, 0.2) is 18.5 Å². The SMILES string of the molecule is CCCN1CCCCC(N)C1c1cnccc1C. The third-order valence-electron chi connectivity index (χ3n) is 3.94. The number of hydrogen-bond donors (Lipinski definition) is 1. The third-order valence-corrected chi connectivity index (χ3v) is 3.94. The van der Waals surface area contributed by atoms with Gasteiger partial charge >= 0.3 is 0 Å². The predicted molar refractivity (Wildman–Crippen MR) is 75.4 cm³/mol. The summed E-state index contributed by atoms with van der Waals surface area (Å²) in [6.07, 6.45) is 8.70. The van der Waals surface area contributed by atoms with Crippen molar-refractivity contribution in [3.63, 3.8) is 0 Å². The monoisotopic (exact) mass is 247 g/mol. The van der Waals surface area contributed by atoms with Crippen LogP contribution in [0.3, 0.4) is 0 Å². The molecule has 2 heterocycles. The average Bonchev–Trinajstić information content (AvgIpc) is 2.53. The van der Waals surface area contributed by atoms with Gasteiger partial charge < -0.3 is 5.73 Å². The molecule has 0 aliphatic carbocycles. The fourth-order valence-electron chi connectivity index (χ4n) is 3.01. The Hall–Kier alpha value is -0.930. The molecule has 1 aliphatic rings. The van der Waals surface area contributed by atoms with Crippen LogP contribution >= 0.6 is 0 Å². The lowest BCUT2D eigenvalue weighted by Gasteiger charge is -2.34. The van der Waals surface area contributed by atoms with E-state index < -0.39 is 0 Å². The minimum Gasteiger partial charge on any atom is -0.326 e. The van der Waals surface area contributed by atoms with E-state index in [1.807, 2.05) is 12.4 Å². The maximum atomic E-state index is 6.43. The standard InChI is InChI=1S/C15H25N3/c1-3-9-18-10-5-4-6-14(16)15(18)13-11-17-8-7-12(13)2/h7-8,11,14-15H,3-6,9-10,16H2,1-2H3. The van der Waals surface area contributed by atoms with Crippen LogP contribution in [0, 0.1) is 6.92 Å². The molecule has 2 unspecified atom stereocenters. The minimum absolute atomic E-state index is 0.238. The maximum absolute atomic E-state index is 6.43. The molecule has 1 aliphatic heterocycles. The van der Waals surface area contributed by atoms with E-state index in [-0.39, 0.29) is 6.04 Å². The Bertz CT molecular complexity index is 378. The molecule has 1 aromatic heterocycles. The van der Waals surface area contributed by atoms with Crippen molar-refractivity contribution in [3.8, 4) is 0 Å². The molecular weight excluding hydrogens is 222 g/mol. The topological polar surface area (TPSA) is 42.1 Å². The van der Waals surface area contributed by atoms with Gasteiger partial charge in [-0.15, -0.1) is 0 Å². The zero-order valence-corrected chi connectivity index (χ0v) is 11.6. The minimum atomic E-state index is 0.238. The van der Waals surface area contributed by atoms with Crippen molar-refractivity contribution in [3.05, 3.63) is 29.6 Å². The zero-order valence-electron chi connectivity index (χ0n) is 11.6. The first-order valence-corrected chi connectivity index (χ1v) is 7.14. The Morgan fingerprint density at radius 3 is 3.00 bits per heavy atom. The second-order valence-electron chi connectivity index (χ2n) is 5.37. The molecule has 0 bridgehead atoms. The lowest BCUT2D eigenvalue weighted by molar-refractivity contribution is 0.185. The summed E-state index contributed by atoms with van der Waals surface area (Å²) < 4.78 is 0. The molecule has 3 nitrogen and oxygen atoms in total. The zero-order chi connectivity index (χ0) is 13.0. The van der Waals surface area contributed by atoms with Crippen LogP contribution in [-0.2, 0) is 0 Å². The van der Waals surface area contributed by atoms with E-state index in [9.17, 15) is 0 Å². The quantitative estimate of drug-likeness (QED) is 0.893. The number of hydrogen-bond acceptors (Lipinski definition) is 3. The van der Waals surface area contributed by atoms with Gasteiger partial charge in [0.25, 0.3) is 0 Å². The molecule has 1 fully saturated rings. The molecular formula is C15H25N3. The number of likely N-dealkylation sites (tertiary alicyclic amines) is 1. The Kier molecular flexibility index (Phi) is 4.72. The smallest absolute Gasteiger partial charge is 0.0517 e. The van der Waals surface area contributed by atoms with E-state index in [1.165, 1.54) is 36.9 Å². The van der Waals surface area contributed by atoms with Crippen molar-refractivity contribution in [2.75, 3.05) is 13.1 Å². The van der Waals surface area contributed by atoms with Gasteiger partial charge in [-0.25, -0.2) is 0 Å². The lowest BCUT2D eigenvalue weighted by Crippen LogP contribution is -2.40. The largest absolute Gasteiger partial charge is 0.326 e. The Labute approximate surface area is 110 Å². The fourth-order valence-corrected chi connectivity index (χ4v) is 3.01. The molecule has 2 atom stereocenters. The number of rotatable bonds is 3. The number of nitrogens with zero attached hydrogens (tertiary/aromatic N) is 2. The Morgan fingerprint density at radius 1 is 1.44 bits per heavy atom. The van der Waals surface area contributed by atoms with Crippen molar-refractivity contribution in [2.24, 2.45) is 5.73 Å². The summed E-state index contributed by atoms with van der Waals surface area (Å²) in [7, 11) is 0. The normalized spacial score (nSPS) is 25.9. The number of pyridine rings is 1. The molecule has 0 saturated carbocycles. The Balaban J connectivity index is 2.31. The number of nitrogens with two attached hydrogens (primary N) is 1. The van der Waals surface area contributed by atoms with E-state index in [1.54, 1.807) is 0 Å². The summed E-state index contributed by atoms with van der Waals surface area (Å²) in [6, 6.07) is 2.68. The first kappa shape index (κ1) is 13.5. The van der Waals surface area contributed by atoms with Gasteiger partial charge in [0, 0.05) is 18.4 Å². The summed E-state index contributed by atoms with van der Waals surface area (Å²) in [4.78, 5) is 6.86. The van der Waals surface area contributed by atoms with Crippen LogP contribution in [0.2, 0.25) is 0 Å². The number of aryl methyl sites for hydroxylation is 1. The summed E-state index contributed by atoms with van der Waals surface area (Å²) in [5, 5.41) is 0. The van der Waals surface area contributed by atoms with Gasteiger partial charge in [-0.1, -0.05) is 13.3 Å². The Morgan fingerprint density at radius 2 is 2.28 bits per heavy atom. The van der Waals surface area contributed by atoms with Gasteiger partial charge in [0.2, 0.25) is 0 Å². The van der Waals surface area contributed by atoms with Gasteiger partial charge in [0.05, 0.1) is 6.04 Å². The van der Waals surface area contributed by atoms with Crippen LogP contribution < -0.4 is 5.73 Å². The van der Waals surface area contributed by atoms with Crippen LogP contribution in [0.4, 0.5) is 0 Å². The predicted octanol–water partition coefficient (Wildman–Crippen LogP) is 2.65. The van der Waals surface area contributed by atoms with Gasteiger partial charge in [-0.2, -0.15) is 0 Å². The fraction of sp³-hybridized carbons (Fsp3) is 0.667. The van der Waals surface area contributed by atoms with Crippen LogP contribution in [-0.4, -0.2) is 29.0 Å². The molecule has 0 aromatic carbocycles. The first-order valence-electron chi connectivity index (χ1n) is 7.14. The summed E-state index contributed by atoms with van der Waals surface area (Å²) in [5.41, 5.74) is 9.06. The van der Waals surface area contributed by atoms with E-state index >= 15 is 0 Å². The molecule has 3 heteroatoms. The molecule has 100 valence electrons. The van der Waals surface area contributed by atoms with Crippen molar-refractivity contribution >= 4 is 0 Å². The van der Waals surface area contributed by atoms with E-state index in [4.69, 9.17) is 5.73 Å². The van der Waals surface area contributed by atoms with Gasteiger partial charge in [-0.05, 0) is 56.5 Å². The average molecular weight is 247 g/mol. The second kappa shape index (κ2) is 6.30. The van der Waals surface area contributed by atoms with Crippen molar-refractivity contribution in [2.45, 2.75) is 51.6 Å². The van der Waals surface area contributed by atoms with Crippen LogP contribution in [0.25, 0.3) is 0 Å². The summed E-state index contributed by atoms with van der Waals surface area (Å²) >= 11 is 0. The molecule has 2 N–H and O–H groups in total. The van der Waals surface area contributed by atoms with Crippen molar-refractivity contribution in [1.29, 1.82) is 0 Å². The summed E-state index contributed by atoms with van der Waals surface area (Å²) in [6.45, 7) is 6.70. The number of aromatic nitrogens is 1. The molecule has 2 rings (SSSR count). The molecule has 1 saturated heterocycles. The van der Waals surface area contributed by atoms with E-state index in [0.29, 0.717) is 6.04 Å². The highest BCUT2D eigenvalue weighted by Gasteiger charge is 2.29. The van der Waals surface area contributed by atoms with Crippen LogP contribution in [0.1, 0.15) is 49.8 Å². The highest BCUT2D eigenvalue weighted by atomic mass is 15.2. The van der Waals surface area contributed by atoms with Gasteiger partial charge in [0.1, 0.15) is 0 Å².